The standard InChI is InChI=1S/C14H25NO6/c1-7(2)18-12(16)8(15)6-9-10-11(13(17-5)19-9)21-14(3,4)20-10/h7-11,13H,6,15H2,1-5H3/t8-,9-,10+,11+,13+/m1/s1. The molecule has 0 aliphatic carbocycles. The maximum atomic E-state index is 11.8. The Morgan fingerprint density at radius 2 is 1.90 bits per heavy atom. The molecule has 0 spiro atoms. The molecule has 2 aliphatic rings. The van der Waals surface area contributed by atoms with Crippen LogP contribution in [0.3, 0.4) is 0 Å². The van der Waals surface area contributed by atoms with E-state index in [1.807, 2.05) is 13.8 Å². The summed E-state index contributed by atoms with van der Waals surface area (Å²) in [4.78, 5) is 11.8. The van der Waals surface area contributed by atoms with Gasteiger partial charge in [-0.05, 0) is 27.7 Å². The van der Waals surface area contributed by atoms with Crippen LogP contribution in [0.5, 0.6) is 0 Å². The van der Waals surface area contributed by atoms with E-state index in [2.05, 4.69) is 0 Å². The topological polar surface area (TPSA) is 89.2 Å². The number of fused-ring (bicyclic) bond motifs is 1. The Kier molecular flexibility index (Phi) is 4.89. The molecule has 122 valence electrons. The van der Waals surface area contributed by atoms with Crippen molar-refractivity contribution >= 4 is 5.97 Å². The second-order valence-electron chi connectivity index (χ2n) is 6.17. The highest BCUT2D eigenvalue weighted by molar-refractivity contribution is 5.75. The Bertz CT molecular complexity index is 386. The number of rotatable bonds is 5. The van der Waals surface area contributed by atoms with Gasteiger partial charge < -0.3 is 29.4 Å². The van der Waals surface area contributed by atoms with Gasteiger partial charge in [-0.15, -0.1) is 0 Å². The third kappa shape index (κ3) is 3.73. The minimum Gasteiger partial charge on any atom is -0.462 e. The summed E-state index contributed by atoms with van der Waals surface area (Å²) in [6.07, 6.45) is -1.40. The molecule has 0 aromatic rings. The number of carbonyl (C=O) groups is 1. The van der Waals surface area contributed by atoms with Gasteiger partial charge in [-0.1, -0.05) is 0 Å². The monoisotopic (exact) mass is 303 g/mol. The summed E-state index contributed by atoms with van der Waals surface area (Å²) in [5.41, 5.74) is 5.89. The summed E-state index contributed by atoms with van der Waals surface area (Å²) >= 11 is 0. The van der Waals surface area contributed by atoms with Crippen molar-refractivity contribution in [3.63, 3.8) is 0 Å². The molecule has 2 saturated heterocycles. The number of hydrogen-bond acceptors (Lipinski definition) is 7. The van der Waals surface area contributed by atoms with Crippen LogP contribution in [-0.4, -0.2) is 55.6 Å². The normalized spacial score (nSPS) is 35.8. The molecule has 0 unspecified atom stereocenters. The van der Waals surface area contributed by atoms with Crippen molar-refractivity contribution < 1.29 is 28.5 Å². The van der Waals surface area contributed by atoms with E-state index in [4.69, 9.17) is 29.4 Å². The first-order valence-corrected chi connectivity index (χ1v) is 7.23. The van der Waals surface area contributed by atoms with Crippen LogP contribution in [0.2, 0.25) is 0 Å². The molecule has 2 rings (SSSR count). The lowest BCUT2D eigenvalue weighted by atomic mass is 10.0. The highest BCUT2D eigenvalue weighted by Gasteiger charge is 2.55. The Balaban J connectivity index is 1.98. The van der Waals surface area contributed by atoms with Gasteiger partial charge in [0.15, 0.2) is 12.1 Å². The number of nitrogens with two attached hydrogens (primary N) is 1. The lowest BCUT2D eigenvalue weighted by Crippen LogP contribution is -2.40. The van der Waals surface area contributed by atoms with E-state index in [-0.39, 0.29) is 24.4 Å². The van der Waals surface area contributed by atoms with Crippen LogP contribution in [0, 0.1) is 0 Å². The first kappa shape index (κ1) is 16.6. The average molecular weight is 303 g/mol. The van der Waals surface area contributed by atoms with E-state index in [1.165, 1.54) is 0 Å². The predicted octanol–water partition coefficient (Wildman–Crippen LogP) is 0.547. The van der Waals surface area contributed by atoms with Crippen molar-refractivity contribution in [2.75, 3.05) is 7.11 Å². The zero-order valence-electron chi connectivity index (χ0n) is 13.2. The highest BCUT2D eigenvalue weighted by atomic mass is 16.8. The van der Waals surface area contributed by atoms with E-state index in [0.29, 0.717) is 6.42 Å². The van der Waals surface area contributed by atoms with Crippen molar-refractivity contribution in [1.29, 1.82) is 0 Å². The zero-order valence-corrected chi connectivity index (χ0v) is 13.2. The van der Waals surface area contributed by atoms with Gasteiger partial charge in [0.2, 0.25) is 0 Å². The minimum absolute atomic E-state index is 0.197. The van der Waals surface area contributed by atoms with Crippen molar-refractivity contribution in [2.24, 2.45) is 5.73 Å². The molecule has 7 heteroatoms. The average Bonchev–Trinajstić information content (AvgIpc) is 2.83. The lowest BCUT2D eigenvalue weighted by Gasteiger charge is -2.24. The lowest BCUT2D eigenvalue weighted by molar-refractivity contribution is -0.228. The van der Waals surface area contributed by atoms with Crippen LogP contribution in [0.4, 0.5) is 0 Å². The highest BCUT2D eigenvalue weighted by Crippen LogP contribution is 2.40. The van der Waals surface area contributed by atoms with Gasteiger partial charge >= 0.3 is 5.97 Å². The zero-order chi connectivity index (χ0) is 15.8. The summed E-state index contributed by atoms with van der Waals surface area (Å²) in [6, 6.07) is -0.763. The quantitative estimate of drug-likeness (QED) is 0.742. The number of hydrogen-bond donors (Lipinski definition) is 1. The second-order valence-corrected chi connectivity index (χ2v) is 6.17. The molecule has 2 aliphatic heterocycles. The first-order valence-electron chi connectivity index (χ1n) is 7.23. The van der Waals surface area contributed by atoms with E-state index < -0.39 is 24.1 Å². The van der Waals surface area contributed by atoms with Gasteiger partial charge in [0, 0.05) is 13.5 Å². The number of methoxy groups -OCH3 is 1. The first-order chi connectivity index (χ1) is 9.73. The van der Waals surface area contributed by atoms with Crippen LogP contribution in [0.15, 0.2) is 0 Å². The Labute approximate surface area is 125 Å². The van der Waals surface area contributed by atoms with Gasteiger partial charge in [-0.25, -0.2) is 0 Å². The van der Waals surface area contributed by atoms with Gasteiger partial charge in [-0.3, -0.25) is 4.79 Å². The molecule has 2 fully saturated rings. The van der Waals surface area contributed by atoms with Crippen molar-refractivity contribution in [1.82, 2.24) is 0 Å². The number of carbonyl (C=O) groups excluding carboxylic acids is 1. The smallest absolute Gasteiger partial charge is 0.323 e. The molecular formula is C14H25NO6. The third-order valence-corrected chi connectivity index (χ3v) is 3.48. The molecule has 21 heavy (non-hydrogen) atoms. The van der Waals surface area contributed by atoms with Gasteiger partial charge in [0.05, 0.1) is 12.2 Å². The second kappa shape index (κ2) is 6.18. The maximum Gasteiger partial charge on any atom is 0.323 e. The maximum absolute atomic E-state index is 11.8. The molecule has 0 radical (unpaired) electrons. The summed E-state index contributed by atoms with van der Waals surface area (Å²) in [6.45, 7) is 7.23. The molecular weight excluding hydrogens is 278 g/mol. The predicted molar refractivity (Wildman–Crippen MR) is 73.3 cm³/mol. The van der Waals surface area contributed by atoms with Crippen LogP contribution in [-0.2, 0) is 28.5 Å². The van der Waals surface area contributed by atoms with Gasteiger partial charge in [0.25, 0.3) is 0 Å². The van der Waals surface area contributed by atoms with Crippen LogP contribution in [0.1, 0.15) is 34.1 Å². The Morgan fingerprint density at radius 3 is 2.48 bits per heavy atom. The van der Waals surface area contributed by atoms with Gasteiger partial charge in [0.1, 0.15) is 18.2 Å². The SMILES string of the molecule is CO[C@H]1O[C@H](C[C@@H](N)C(=O)OC(C)C)[C@@H]2OC(C)(C)O[C@H]12. The summed E-state index contributed by atoms with van der Waals surface area (Å²) < 4.78 is 27.7. The summed E-state index contributed by atoms with van der Waals surface area (Å²) in [7, 11) is 1.55. The fourth-order valence-electron chi connectivity index (χ4n) is 2.69. The van der Waals surface area contributed by atoms with E-state index >= 15 is 0 Å². The molecule has 2 N–H and O–H groups in total. The van der Waals surface area contributed by atoms with Crippen LogP contribution < -0.4 is 5.73 Å². The molecule has 0 bridgehead atoms. The molecule has 0 aromatic carbocycles. The fraction of sp³-hybridized carbons (Fsp3) is 0.929. The molecule has 7 nitrogen and oxygen atoms in total. The number of esters is 1. The Morgan fingerprint density at radius 1 is 1.29 bits per heavy atom. The van der Waals surface area contributed by atoms with E-state index in [9.17, 15) is 4.79 Å². The van der Waals surface area contributed by atoms with Gasteiger partial charge in [-0.2, -0.15) is 0 Å². The number of ether oxygens (including phenoxy) is 5. The molecule has 0 saturated carbocycles. The molecule has 0 amide bonds. The minimum atomic E-state index is -0.763. The summed E-state index contributed by atoms with van der Waals surface area (Å²) in [5.74, 6) is -1.14. The molecule has 2 heterocycles. The third-order valence-electron chi connectivity index (χ3n) is 3.48. The van der Waals surface area contributed by atoms with Crippen LogP contribution >= 0.6 is 0 Å². The van der Waals surface area contributed by atoms with E-state index in [1.54, 1.807) is 21.0 Å². The summed E-state index contributed by atoms with van der Waals surface area (Å²) in [5, 5.41) is 0. The van der Waals surface area contributed by atoms with E-state index in [0.717, 1.165) is 0 Å². The van der Waals surface area contributed by atoms with Crippen molar-refractivity contribution in [3.05, 3.63) is 0 Å². The Hall–Kier alpha value is -0.730. The largest absolute Gasteiger partial charge is 0.462 e. The molecule has 0 aromatic heterocycles. The fourth-order valence-corrected chi connectivity index (χ4v) is 2.69. The van der Waals surface area contributed by atoms with Crippen LogP contribution in [0.25, 0.3) is 0 Å². The molecule has 5 atom stereocenters. The van der Waals surface area contributed by atoms with Crippen molar-refractivity contribution in [2.45, 2.75) is 76.7 Å². The van der Waals surface area contributed by atoms with Crippen molar-refractivity contribution in [3.8, 4) is 0 Å².